The van der Waals surface area contributed by atoms with Crippen LogP contribution in [0.25, 0.3) is 16.9 Å². The van der Waals surface area contributed by atoms with E-state index in [0.29, 0.717) is 17.1 Å². The predicted octanol–water partition coefficient (Wildman–Crippen LogP) is 7.86. The molecule has 0 fully saturated rings. The van der Waals surface area contributed by atoms with E-state index >= 15 is 0 Å². The van der Waals surface area contributed by atoms with Crippen molar-refractivity contribution in [3.8, 4) is 22.7 Å². The highest BCUT2D eigenvalue weighted by Crippen LogP contribution is 2.30. The molecule has 2 heterocycles. The Kier molecular flexibility index (Phi) is 13.0. The van der Waals surface area contributed by atoms with E-state index in [2.05, 4.69) is 22.2 Å². The number of para-hydroxylation sites is 1. The van der Waals surface area contributed by atoms with Crippen LogP contribution in [0.4, 0.5) is 10.5 Å². The number of nitrogen functional groups attached to an aromatic ring is 1. The van der Waals surface area contributed by atoms with Gasteiger partial charge in [0.2, 0.25) is 0 Å². The summed E-state index contributed by atoms with van der Waals surface area (Å²) in [6.45, 7) is 2.20. The van der Waals surface area contributed by atoms with Crippen LogP contribution < -0.4 is 16.0 Å². The Morgan fingerprint density at radius 1 is 0.950 bits per heavy atom. The van der Waals surface area contributed by atoms with Crippen molar-refractivity contribution in [3.05, 3.63) is 93.5 Å². The molecule has 0 aliphatic carbocycles. The summed E-state index contributed by atoms with van der Waals surface area (Å²) in [6.07, 6.45) is 8.55. The molecule has 4 aromatic rings. The molecule has 0 atom stereocenters. The molecule has 0 saturated carbocycles. The number of carbonyl (C=O) groups excluding carboxylic acids is 1. The fraction of sp³-hybridized carbons (Fsp3) is 0.276. The Balaban J connectivity index is 0.000000249. The molecule has 2 aromatic heterocycles. The number of carbonyl (C=O) groups is 1. The van der Waals surface area contributed by atoms with Gasteiger partial charge in [-0.05, 0) is 30.3 Å². The van der Waals surface area contributed by atoms with Crippen LogP contribution in [0.2, 0.25) is 10.2 Å². The predicted molar refractivity (Wildman–Crippen MR) is 164 cm³/mol. The molecule has 8 nitrogen and oxygen atoms in total. The fourth-order valence-corrected chi connectivity index (χ4v) is 4.51. The number of nitrogens with zero attached hydrogens (tertiary/aromatic N) is 4. The molecule has 0 bridgehead atoms. The van der Waals surface area contributed by atoms with E-state index in [1.54, 1.807) is 12.1 Å². The van der Waals surface area contributed by atoms with Gasteiger partial charge in [0.25, 0.3) is 5.56 Å². The van der Waals surface area contributed by atoms with Crippen molar-refractivity contribution in [2.75, 3.05) is 11.5 Å². The van der Waals surface area contributed by atoms with Gasteiger partial charge in [-0.2, -0.15) is 9.78 Å². The molecule has 4 rings (SSSR count). The lowest BCUT2D eigenvalue weighted by Crippen LogP contribution is -2.22. The van der Waals surface area contributed by atoms with Crippen molar-refractivity contribution in [1.29, 1.82) is 0 Å². The summed E-state index contributed by atoms with van der Waals surface area (Å²) >= 11 is 12.8. The van der Waals surface area contributed by atoms with Gasteiger partial charge in [-0.15, -0.1) is 10.2 Å². The minimum absolute atomic E-state index is 0.00569. The first-order valence-electron chi connectivity index (χ1n) is 12.9. The lowest BCUT2D eigenvalue weighted by molar-refractivity contribution is 0.227. The molecule has 0 aliphatic rings. The Bertz CT molecular complexity index is 1420. The molecule has 210 valence electrons. The standard InChI is InChI=1S/C19H23ClN2O2S.C10H8ClN3O/c1-2-3-4-5-6-10-13-25-19(23)24-16-14-17(20)21-22-18(16)15-11-8-7-9-12-15;11-9-8(12)6-13-14(10(9)15)7-4-2-1-3-5-7/h7-9,11-12,14H,2-6,10,13H2,1H3;1-6H,12H2. The lowest BCUT2D eigenvalue weighted by Gasteiger charge is -2.09. The van der Waals surface area contributed by atoms with E-state index in [1.807, 2.05) is 48.5 Å². The lowest BCUT2D eigenvalue weighted by atomic mass is 10.1. The number of aromatic nitrogens is 4. The van der Waals surface area contributed by atoms with Gasteiger partial charge in [-0.1, -0.05) is 111 Å². The van der Waals surface area contributed by atoms with Crippen LogP contribution in [0, 0.1) is 0 Å². The topological polar surface area (TPSA) is 113 Å². The third kappa shape index (κ3) is 9.66. The first-order valence-corrected chi connectivity index (χ1v) is 14.7. The molecule has 2 aromatic carbocycles. The number of nitrogens with two attached hydrogens (primary N) is 1. The van der Waals surface area contributed by atoms with Gasteiger partial charge in [-0.25, -0.2) is 4.79 Å². The quantitative estimate of drug-likeness (QED) is 0.145. The summed E-state index contributed by atoms with van der Waals surface area (Å²) in [5.41, 5.74) is 7.23. The SMILES string of the molecule is CCCCCCCCSC(=O)Oc1cc(Cl)nnc1-c1ccccc1.Nc1cnn(-c2ccccc2)c(=O)c1Cl. The minimum atomic E-state index is -0.414. The average Bonchev–Trinajstić information content (AvgIpc) is 2.97. The number of thioether (sulfide) groups is 1. The number of ether oxygens (including phenoxy) is 1. The van der Waals surface area contributed by atoms with Crippen LogP contribution >= 0.6 is 35.0 Å². The molecule has 2 N–H and O–H groups in total. The summed E-state index contributed by atoms with van der Waals surface area (Å²) < 4.78 is 6.67. The molecule has 0 spiro atoms. The average molecular weight is 601 g/mol. The summed E-state index contributed by atoms with van der Waals surface area (Å²) in [7, 11) is 0. The van der Waals surface area contributed by atoms with Crippen LogP contribution in [0.15, 0.2) is 77.7 Å². The van der Waals surface area contributed by atoms with Crippen molar-refractivity contribution >= 4 is 46.0 Å². The van der Waals surface area contributed by atoms with Crippen LogP contribution in [0.3, 0.4) is 0 Å². The summed E-state index contributed by atoms with van der Waals surface area (Å²) in [6, 6.07) is 20.0. The van der Waals surface area contributed by atoms with Gasteiger partial charge in [0.15, 0.2) is 10.9 Å². The monoisotopic (exact) mass is 599 g/mol. The Labute approximate surface area is 247 Å². The first kappa shape index (κ1) is 31.1. The largest absolute Gasteiger partial charge is 0.416 e. The second-order valence-electron chi connectivity index (χ2n) is 8.68. The maximum Gasteiger partial charge on any atom is 0.372 e. The molecule has 40 heavy (non-hydrogen) atoms. The third-order valence-electron chi connectivity index (χ3n) is 5.63. The molecular weight excluding hydrogens is 569 g/mol. The smallest absolute Gasteiger partial charge is 0.372 e. The number of rotatable bonds is 10. The highest BCUT2D eigenvalue weighted by molar-refractivity contribution is 8.13. The summed E-state index contributed by atoms with van der Waals surface area (Å²) in [4.78, 5) is 23.8. The normalized spacial score (nSPS) is 10.5. The van der Waals surface area contributed by atoms with Crippen molar-refractivity contribution in [2.24, 2.45) is 0 Å². The number of hydrogen-bond donors (Lipinski definition) is 1. The van der Waals surface area contributed by atoms with Crippen LogP contribution in [0.1, 0.15) is 45.4 Å². The third-order valence-corrected chi connectivity index (χ3v) is 7.01. The van der Waals surface area contributed by atoms with E-state index in [9.17, 15) is 9.59 Å². The van der Waals surface area contributed by atoms with Gasteiger partial charge in [-0.3, -0.25) is 4.79 Å². The Morgan fingerprint density at radius 3 is 2.30 bits per heavy atom. The van der Waals surface area contributed by atoms with Crippen LogP contribution in [-0.4, -0.2) is 31.0 Å². The molecular formula is C29H31Cl2N5O3S. The minimum Gasteiger partial charge on any atom is -0.416 e. The van der Waals surface area contributed by atoms with Gasteiger partial charge >= 0.3 is 5.30 Å². The van der Waals surface area contributed by atoms with E-state index < -0.39 is 5.56 Å². The van der Waals surface area contributed by atoms with Gasteiger partial charge in [0, 0.05) is 17.4 Å². The number of halogens is 2. The van der Waals surface area contributed by atoms with Gasteiger partial charge in [0.1, 0.15) is 10.7 Å². The second kappa shape index (κ2) is 16.6. The highest BCUT2D eigenvalue weighted by atomic mass is 35.5. The molecule has 0 aliphatic heterocycles. The zero-order valence-electron chi connectivity index (χ0n) is 22.1. The highest BCUT2D eigenvalue weighted by Gasteiger charge is 2.14. The van der Waals surface area contributed by atoms with Crippen LogP contribution in [-0.2, 0) is 0 Å². The van der Waals surface area contributed by atoms with E-state index in [0.717, 1.165) is 24.2 Å². The zero-order valence-corrected chi connectivity index (χ0v) is 24.5. The maximum atomic E-state index is 12.1. The van der Waals surface area contributed by atoms with Crippen molar-refractivity contribution in [2.45, 2.75) is 45.4 Å². The summed E-state index contributed by atoms with van der Waals surface area (Å²) in [5, 5.41) is 11.7. The Hall–Kier alpha value is -3.40. The first-order chi connectivity index (χ1) is 19.4. The van der Waals surface area contributed by atoms with Crippen molar-refractivity contribution in [1.82, 2.24) is 20.0 Å². The number of anilines is 1. The summed E-state index contributed by atoms with van der Waals surface area (Å²) in [5.74, 6) is 1.10. The van der Waals surface area contributed by atoms with Crippen molar-refractivity contribution < 1.29 is 9.53 Å². The molecule has 11 heteroatoms. The van der Waals surface area contributed by atoms with E-state index in [4.69, 9.17) is 33.7 Å². The number of unbranched alkanes of at least 4 members (excludes halogenated alkanes) is 5. The molecule has 0 saturated heterocycles. The fourth-order valence-electron chi connectivity index (χ4n) is 3.58. The molecule has 0 unspecified atom stereocenters. The second-order valence-corrected chi connectivity index (χ2v) is 10.5. The van der Waals surface area contributed by atoms with Crippen LogP contribution in [0.5, 0.6) is 5.75 Å². The van der Waals surface area contributed by atoms with Gasteiger partial charge < -0.3 is 10.5 Å². The Morgan fingerprint density at radius 2 is 1.60 bits per heavy atom. The number of benzene rings is 2. The maximum absolute atomic E-state index is 12.1. The van der Waals surface area contributed by atoms with E-state index in [-0.39, 0.29) is 21.2 Å². The molecule has 0 amide bonds. The van der Waals surface area contributed by atoms with E-state index in [1.165, 1.54) is 54.4 Å². The number of hydrogen-bond acceptors (Lipinski definition) is 8. The zero-order chi connectivity index (χ0) is 28.7. The molecule has 0 radical (unpaired) electrons. The van der Waals surface area contributed by atoms with Gasteiger partial charge in [0.05, 0.1) is 17.6 Å². The van der Waals surface area contributed by atoms with Crippen molar-refractivity contribution in [3.63, 3.8) is 0 Å².